The molecule has 78 valence electrons. The molecule has 1 aliphatic heterocycles. The summed E-state index contributed by atoms with van der Waals surface area (Å²) >= 11 is 3.62. The molecule has 1 aliphatic rings. The second kappa shape index (κ2) is 9.15. The van der Waals surface area contributed by atoms with Gasteiger partial charge in [0.05, 0.1) is 19.8 Å². The first-order valence-electron chi connectivity index (χ1n) is 4.01. The van der Waals surface area contributed by atoms with Crippen LogP contribution in [0.1, 0.15) is 0 Å². The van der Waals surface area contributed by atoms with Gasteiger partial charge in [-0.05, 0) is 0 Å². The molecule has 0 saturated carbocycles. The van der Waals surface area contributed by atoms with Crippen molar-refractivity contribution in [3.63, 3.8) is 0 Å². The smallest absolute Gasteiger partial charge is 0.124 e. The lowest BCUT2D eigenvalue weighted by molar-refractivity contribution is 0.158. The summed E-state index contributed by atoms with van der Waals surface area (Å²) in [7, 11) is 0. The van der Waals surface area contributed by atoms with E-state index in [9.17, 15) is 0 Å². The normalized spacial score (nSPS) is 15.3. The van der Waals surface area contributed by atoms with Crippen molar-refractivity contribution in [1.29, 1.82) is 0 Å². The van der Waals surface area contributed by atoms with Crippen LogP contribution in [0.25, 0.3) is 0 Å². The summed E-state index contributed by atoms with van der Waals surface area (Å²) in [5.41, 5.74) is 5.27. The third-order valence-corrected chi connectivity index (χ3v) is 3.49. The van der Waals surface area contributed by atoms with Crippen molar-refractivity contribution in [2.45, 2.75) is 0 Å². The predicted octanol–water partition coefficient (Wildman–Crippen LogP) is 1.22. The van der Waals surface area contributed by atoms with Gasteiger partial charge in [-0.15, -0.1) is 12.4 Å². The summed E-state index contributed by atoms with van der Waals surface area (Å²) in [6.45, 7) is 3.04. The molecule has 3 nitrogen and oxygen atoms in total. The Morgan fingerprint density at radius 1 is 1.54 bits per heavy atom. The molecule has 0 aliphatic carbocycles. The van der Waals surface area contributed by atoms with Crippen molar-refractivity contribution < 1.29 is 4.74 Å². The largest absolute Gasteiger partial charge is 0.379 e. The van der Waals surface area contributed by atoms with Crippen molar-refractivity contribution in [2.75, 3.05) is 37.8 Å². The minimum Gasteiger partial charge on any atom is -0.379 e. The number of nitrogens with two attached hydrogens (primary N) is 1. The van der Waals surface area contributed by atoms with E-state index in [2.05, 4.69) is 4.99 Å². The van der Waals surface area contributed by atoms with Crippen molar-refractivity contribution in [1.82, 2.24) is 0 Å². The van der Waals surface area contributed by atoms with Crippen LogP contribution in [0.4, 0.5) is 0 Å². The van der Waals surface area contributed by atoms with E-state index in [4.69, 9.17) is 10.5 Å². The lowest BCUT2D eigenvalue weighted by atomic mass is 10.7. The molecule has 6 heteroatoms. The topological polar surface area (TPSA) is 47.6 Å². The molecule has 0 amide bonds. The molecule has 0 unspecified atom stereocenters. The van der Waals surface area contributed by atoms with E-state index in [-0.39, 0.29) is 12.4 Å². The number of rotatable bonds is 5. The zero-order valence-electron chi connectivity index (χ0n) is 7.40. The first-order valence-corrected chi connectivity index (χ1v) is 5.98. The Morgan fingerprint density at radius 2 is 2.38 bits per heavy atom. The summed E-state index contributed by atoms with van der Waals surface area (Å²) in [6.07, 6.45) is 0. The zero-order chi connectivity index (χ0) is 8.65. The van der Waals surface area contributed by atoms with Crippen molar-refractivity contribution in [2.24, 2.45) is 10.7 Å². The maximum atomic E-state index is 5.27. The second-order valence-electron chi connectivity index (χ2n) is 2.25. The van der Waals surface area contributed by atoms with E-state index in [1.54, 1.807) is 11.8 Å². The molecule has 0 radical (unpaired) electrons. The molecule has 0 fully saturated rings. The van der Waals surface area contributed by atoms with E-state index >= 15 is 0 Å². The molecule has 13 heavy (non-hydrogen) atoms. The Bertz CT molecular complexity index is 157. The lowest BCUT2D eigenvalue weighted by Crippen LogP contribution is -2.10. The van der Waals surface area contributed by atoms with E-state index in [1.165, 1.54) is 4.38 Å². The maximum Gasteiger partial charge on any atom is 0.124 e. The van der Waals surface area contributed by atoms with Crippen LogP contribution in [-0.4, -0.2) is 42.2 Å². The molecule has 0 spiro atoms. The van der Waals surface area contributed by atoms with Gasteiger partial charge >= 0.3 is 0 Å². The summed E-state index contributed by atoms with van der Waals surface area (Å²) in [6, 6.07) is 0. The van der Waals surface area contributed by atoms with Crippen LogP contribution >= 0.6 is 35.9 Å². The van der Waals surface area contributed by atoms with Crippen LogP contribution < -0.4 is 5.73 Å². The molecule has 1 heterocycles. The third kappa shape index (κ3) is 6.62. The summed E-state index contributed by atoms with van der Waals surface area (Å²) in [5.74, 6) is 2.14. The quantitative estimate of drug-likeness (QED) is 0.737. The molecule has 1 rings (SSSR count). The molecule has 2 N–H and O–H groups in total. The minimum absolute atomic E-state index is 0. The van der Waals surface area contributed by atoms with E-state index in [0.717, 1.165) is 24.7 Å². The monoisotopic (exact) mass is 242 g/mol. The van der Waals surface area contributed by atoms with Crippen molar-refractivity contribution in [3.8, 4) is 0 Å². The van der Waals surface area contributed by atoms with Gasteiger partial charge in [-0.2, -0.15) is 0 Å². The molecule has 0 saturated heterocycles. The fourth-order valence-electron chi connectivity index (χ4n) is 0.776. The first-order chi connectivity index (χ1) is 5.93. The zero-order valence-corrected chi connectivity index (χ0v) is 9.85. The van der Waals surface area contributed by atoms with E-state index < -0.39 is 0 Å². The Labute approximate surface area is 93.7 Å². The number of ether oxygens (including phenoxy) is 1. The van der Waals surface area contributed by atoms with Gasteiger partial charge in [0.1, 0.15) is 4.38 Å². The van der Waals surface area contributed by atoms with Gasteiger partial charge in [0, 0.05) is 18.1 Å². The highest BCUT2D eigenvalue weighted by atomic mass is 35.5. The van der Waals surface area contributed by atoms with E-state index in [0.29, 0.717) is 13.2 Å². The molecule has 0 bridgehead atoms. The first kappa shape index (κ1) is 13.6. The highest BCUT2D eigenvalue weighted by Gasteiger charge is 2.06. The Balaban J connectivity index is 0.00000144. The van der Waals surface area contributed by atoms with Gasteiger partial charge in [-0.25, -0.2) is 0 Å². The predicted molar refractivity (Wildman–Crippen MR) is 64.3 cm³/mol. The number of thioether (sulfide) groups is 2. The van der Waals surface area contributed by atoms with Crippen LogP contribution in [0.15, 0.2) is 4.99 Å². The number of aliphatic imine (C=N–C) groups is 1. The van der Waals surface area contributed by atoms with E-state index in [1.807, 2.05) is 11.8 Å². The molecule has 0 aromatic heterocycles. The van der Waals surface area contributed by atoms with Gasteiger partial charge in [0.2, 0.25) is 0 Å². The Morgan fingerprint density at radius 3 is 3.00 bits per heavy atom. The van der Waals surface area contributed by atoms with Crippen LogP contribution in [0.3, 0.4) is 0 Å². The Hall–Kier alpha value is 0.580. The van der Waals surface area contributed by atoms with Crippen molar-refractivity contribution >= 4 is 40.3 Å². The second-order valence-corrected chi connectivity index (χ2v) is 4.67. The third-order valence-electron chi connectivity index (χ3n) is 1.27. The number of hydrogen-bond acceptors (Lipinski definition) is 5. The standard InChI is InChI=1S/C7H14N2OS2.ClH/c8-1-3-10-4-6-12-7-9-2-5-11-7;/h1-6,8H2;1H. The number of hydrogen-bond donors (Lipinski definition) is 1. The van der Waals surface area contributed by atoms with Crippen LogP contribution in [0, 0.1) is 0 Å². The van der Waals surface area contributed by atoms with Crippen LogP contribution in [-0.2, 0) is 4.74 Å². The van der Waals surface area contributed by atoms with Gasteiger partial charge in [0.25, 0.3) is 0 Å². The highest BCUT2D eigenvalue weighted by molar-refractivity contribution is 8.39. The molecule has 0 aromatic rings. The fourth-order valence-corrected chi connectivity index (χ4v) is 2.71. The minimum atomic E-state index is 0. The van der Waals surface area contributed by atoms with Crippen LogP contribution in [0.5, 0.6) is 0 Å². The number of halogens is 1. The molecular formula is C7H15ClN2OS2. The molecular weight excluding hydrogens is 228 g/mol. The van der Waals surface area contributed by atoms with Gasteiger partial charge < -0.3 is 10.5 Å². The van der Waals surface area contributed by atoms with Gasteiger partial charge in [-0.3, -0.25) is 4.99 Å². The van der Waals surface area contributed by atoms with Crippen LogP contribution in [0.2, 0.25) is 0 Å². The fraction of sp³-hybridized carbons (Fsp3) is 0.857. The van der Waals surface area contributed by atoms with Gasteiger partial charge in [0.15, 0.2) is 0 Å². The lowest BCUT2D eigenvalue weighted by Gasteiger charge is -2.01. The van der Waals surface area contributed by atoms with Gasteiger partial charge in [-0.1, -0.05) is 23.5 Å². The SMILES string of the molecule is Cl.NCCOCCSC1=NCCS1. The molecule has 0 aromatic carbocycles. The Kier molecular flexibility index (Phi) is 9.56. The summed E-state index contributed by atoms with van der Waals surface area (Å²) in [5, 5.41) is 0. The van der Waals surface area contributed by atoms with Crippen molar-refractivity contribution in [3.05, 3.63) is 0 Å². The molecule has 0 atom stereocenters. The highest BCUT2D eigenvalue weighted by Crippen LogP contribution is 2.21. The number of nitrogens with zero attached hydrogens (tertiary/aromatic N) is 1. The summed E-state index contributed by atoms with van der Waals surface area (Å²) in [4.78, 5) is 4.32. The average molecular weight is 243 g/mol. The average Bonchev–Trinajstić information content (AvgIpc) is 2.57. The summed E-state index contributed by atoms with van der Waals surface area (Å²) < 4.78 is 6.45. The maximum absolute atomic E-state index is 5.27.